The number of amides is 1. The number of alkyl carbamates (subject to hydrolysis) is 1. The van der Waals surface area contributed by atoms with E-state index in [0.717, 1.165) is 0 Å². The van der Waals surface area contributed by atoms with E-state index in [-0.39, 0.29) is 0 Å². The molecular weight excluding hydrogens is 690 g/mol. The van der Waals surface area contributed by atoms with E-state index in [2.05, 4.69) is 25.0 Å². The zero-order chi connectivity index (χ0) is 37.6. The number of hydrogen-bond donors (Lipinski definition) is 1. The van der Waals surface area contributed by atoms with Crippen molar-refractivity contribution in [1.29, 1.82) is 0 Å². The SMILES string of the molecule is CC(C)(C)OC(=O)NCCOCCOCCOCCOCCOCCOCCOCCOCCOCCOCCOCCOCCO[Si](C)(C)C. The molecule has 0 aliphatic heterocycles. The fourth-order valence-electron chi connectivity index (χ4n) is 3.47. The van der Waals surface area contributed by atoms with Gasteiger partial charge >= 0.3 is 6.09 Å². The van der Waals surface area contributed by atoms with Crippen molar-refractivity contribution in [2.45, 2.75) is 46.0 Å². The van der Waals surface area contributed by atoms with Crippen LogP contribution in [0.5, 0.6) is 0 Å². The zero-order valence-corrected chi connectivity index (χ0v) is 33.5. The summed E-state index contributed by atoms with van der Waals surface area (Å²) in [6, 6.07) is 0. The van der Waals surface area contributed by atoms with Gasteiger partial charge in [0.05, 0.1) is 165 Å². The van der Waals surface area contributed by atoms with E-state index in [1.807, 2.05) is 20.8 Å². The minimum Gasteiger partial charge on any atom is -0.444 e. The van der Waals surface area contributed by atoms with Crippen molar-refractivity contribution in [3.63, 3.8) is 0 Å². The molecule has 0 bridgehead atoms. The number of carbonyl (C=O) groups excluding carboxylic acids is 1. The Bertz CT molecular complexity index is 729. The predicted octanol–water partition coefficient (Wildman–Crippen LogP) is 2.56. The molecule has 0 fully saturated rings. The van der Waals surface area contributed by atoms with Gasteiger partial charge in [-0.25, -0.2) is 4.79 Å². The lowest BCUT2D eigenvalue weighted by atomic mass is 10.2. The monoisotopic (exact) mass is 761 g/mol. The van der Waals surface area contributed by atoms with Crippen LogP contribution in [0.3, 0.4) is 0 Å². The Morgan fingerprint density at radius 1 is 0.392 bits per heavy atom. The summed E-state index contributed by atoms with van der Waals surface area (Å²) >= 11 is 0. The molecular formula is C34H71NO15Si. The first-order chi connectivity index (χ1) is 24.6. The van der Waals surface area contributed by atoms with Gasteiger partial charge in [0.2, 0.25) is 0 Å². The molecule has 17 heteroatoms. The molecule has 51 heavy (non-hydrogen) atoms. The Kier molecular flexibility index (Phi) is 36.5. The second kappa shape index (κ2) is 37.3. The fraction of sp³-hybridized carbons (Fsp3) is 0.971. The molecule has 0 aromatic carbocycles. The van der Waals surface area contributed by atoms with Crippen LogP contribution in [-0.2, 0) is 66.0 Å². The molecule has 1 amide bonds. The molecule has 0 saturated heterocycles. The summed E-state index contributed by atoms with van der Waals surface area (Å²) in [5, 5.41) is 2.63. The summed E-state index contributed by atoms with van der Waals surface area (Å²) in [5.41, 5.74) is -0.513. The van der Waals surface area contributed by atoms with E-state index in [1.165, 1.54) is 0 Å². The second-order valence-corrected chi connectivity index (χ2v) is 17.3. The standard InChI is InChI=1S/C34H71NO15Si/c1-34(2,3)50-33(36)35-7-8-37-9-10-38-11-12-39-13-14-40-15-16-41-17-18-42-19-20-43-21-22-44-23-24-45-25-26-46-27-28-47-29-30-48-31-32-49-51(4,5)6/h7-32H2,1-6H3,(H,35,36). The summed E-state index contributed by atoms with van der Waals surface area (Å²) in [5.74, 6) is 0. The van der Waals surface area contributed by atoms with E-state index in [1.54, 1.807) is 0 Å². The van der Waals surface area contributed by atoms with Crippen LogP contribution in [0.2, 0.25) is 19.6 Å². The van der Waals surface area contributed by atoms with Crippen molar-refractivity contribution in [1.82, 2.24) is 5.32 Å². The Labute approximate surface area is 308 Å². The topological polar surface area (TPSA) is 158 Å². The highest BCUT2D eigenvalue weighted by atomic mass is 28.4. The lowest BCUT2D eigenvalue weighted by Crippen LogP contribution is -2.34. The van der Waals surface area contributed by atoms with Gasteiger partial charge in [-0.15, -0.1) is 0 Å². The number of hydrogen-bond acceptors (Lipinski definition) is 15. The normalized spacial score (nSPS) is 12.1. The molecule has 0 atom stereocenters. The average Bonchev–Trinajstić information content (AvgIpc) is 3.06. The van der Waals surface area contributed by atoms with E-state index in [9.17, 15) is 4.79 Å². The minimum absolute atomic E-state index is 0.382. The first-order valence-electron chi connectivity index (χ1n) is 18.1. The molecule has 0 aliphatic rings. The number of rotatable bonds is 40. The van der Waals surface area contributed by atoms with Gasteiger partial charge in [0.25, 0.3) is 0 Å². The maximum Gasteiger partial charge on any atom is 0.407 e. The maximum atomic E-state index is 11.5. The quantitative estimate of drug-likeness (QED) is 0.0717. The van der Waals surface area contributed by atoms with Gasteiger partial charge in [0, 0.05) is 6.54 Å². The highest BCUT2D eigenvalue weighted by molar-refractivity contribution is 6.69. The van der Waals surface area contributed by atoms with Crippen molar-refractivity contribution in [3.8, 4) is 0 Å². The molecule has 0 unspecified atom stereocenters. The highest BCUT2D eigenvalue weighted by Crippen LogP contribution is 2.06. The molecule has 16 nitrogen and oxygen atoms in total. The number of ether oxygens (including phenoxy) is 13. The molecule has 1 N–H and O–H groups in total. The van der Waals surface area contributed by atoms with Crippen LogP contribution in [-0.4, -0.2) is 192 Å². The van der Waals surface area contributed by atoms with Crippen molar-refractivity contribution < 1.29 is 70.8 Å². The molecule has 0 spiro atoms. The van der Waals surface area contributed by atoms with Crippen LogP contribution in [0.4, 0.5) is 4.79 Å². The number of carbonyl (C=O) groups is 1. The van der Waals surface area contributed by atoms with Gasteiger partial charge < -0.3 is 71.3 Å². The van der Waals surface area contributed by atoms with Gasteiger partial charge in [-0.05, 0) is 40.4 Å². The summed E-state index contributed by atoms with van der Waals surface area (Å²) in [6.45, 7) is 24.9. The Hall–Kier alpha value is -1.03. The molecule has 306 valence electrons. The molecule has 0 rings (SSSR count). The van der Waals surface area contributed by atoms with Crippen LogP contribution in [0.15, 0.2) is 0 Å². The van der Waals surface area contributed by atoms with Crippen molar-refractivity contribution in [2.24, 2.45) is 0 Å². The molecule has 0 heterocycles. The summed E-state index contributed by atoms with van der Waals surface area (Å²) in [4.78, 5) is 11.5. The van der Waals surface area contributed by atoms with Crippen molar-refractivity contribution in [2.75, 3.05) is 172 Å². The van der Waals surface area contributed by atoms with E-state index >= 15 is 0 Å². The van der Waals surface area contributed by atoms with Gasteiger partial charge in [-0.1, -0.05) is 0 Å². The van der Waals surface area contributed by atoms with E-state index < -0.39 is 20.0 Å². The minimum atomic E-state index is -1.46. The largest absolute Gasteiger partial charge is 0.444 e. The molecule has 0 aliphatic carbocycles. The van der Waals surface area contributed by atoms with Gasteiger partial charge in [-0.2, -0.15) is 0 Å². The number of nitrogens with one attached hydrogen (secondary N) is 1. The first kappa shape index (κ1) is 50.0. The highest BCUT2D eigenvalue weighted by Gasteiger charge is 2.15. The van der Waals surface area contributed by atoms with Crippen LogP contribution in [0.25, 0.3) is 0 Å². The first-order valence-corrected chi connectivity index (χ1v) is 21.5. The van der Waals surface area contributed by atoms with E-state index in [4.69, 9.17) is 66.0 Å². The molecule has 0 aromatic heterocycles. The van der Waals surface area contributed by atoms with Crippen LogP contribution >= 0.6 is 0 Å². The van der Waals surface area contributed by atoms with Crippen LogP contribution in [0, 0.1) is 0 Å². The lowest BCUT2D eigenvalue weighted by Gasteiger charge is -2.19. The second-order valence-electron chi connectivity index (χ2n) is 12.7. The Balaban J connectivity index is 3.10. The Morgan fingerprint density at radius 3 is 0.824 bits per heavy atom. The van der Waals surface area contributed by atoms with Crippen LogP contribution < -0.4 is 5.32 Å². The third-order valence-corrected chi connectivity index (χ3v) is 6.84. The molecule has 0 saturated carbocycles. The average molecular weight is 762 g/mol. The van der Waals surface area contributed by atoms with Gasteiger partial charge in [0.1, 0.15) is 5.60 Å². The molecule has 0 radical (unpaired) electrons. The maximum absolute atomic E-state index is 11.5. The van der Waals surface area contributed by atoms with Gasteiger partial charge in [-0.3, -0.25) is 0 Å². The predicted molar refractivity (Wildman–Crippen MR) is 193 cm³/mol. The van der Waals surface area contributed by atoms with E-state index in [0.29, 0.717) is 172 Å². The fourth-order valence-corrected chi connectivity index (χ4v) is 4.16. The van der Waals surface area contributed by atoms with Crippen molar-refractivity contribution >= 4 is 14.4 Å². The summed E-state index contributed by atoms with van der Waals surface area (Å²) in [6.07, 6.45) is -0.453. The zero-order valence-electron chi connectivity index (χ0n) is 32.5. The third-order valence-electron chi connectivity index (χ3n) is 5.77. The summed E-state index contributed by atoms with van der Waals surface area (Å²) in [7, 11) is -1.46. The smallest absolute Gasteiger partial charge is 0.407 e. The molecule has 0 aromatic rings. The lowest BCUT2D eigenvalue weighted by molar-refractivity contribution is -0.0285. The Morgan fingerprint density at radius 2 is 0.608 bits per heavy atom. The van der Waals surface area contributed by atoms with Crippen molar-refractivity contribution in [3.05, 3.63) is 0 Å². The summed E-state index contributed by atoms with van der Waals surface area (Å²) < 4.78 is 76.5. The van der Waals surface area contributed by atoms with Gasteiger partial charge in [0.15, 0.2) is 8.32 Å². The van der Waals surface area contributed by atoms with Crippen LogP contribution in [0.1, 0.15) is 20.8 Å². The third kappa shape index (κ3) is 46.9.